The van der Waals surface area contributed by atoms with Gasteiger partial charge in [-0.3, -0.25) is 4.79 Å². The lowest BCUT2D eigenvalue weighted by Crippen LogP contribution is -2.29. The summed E-state index contributed by atoms with van der Waals surface area (Å²) in [5, 5.41) is 10.9. The van der Waals surface area contributed by atoms with Gasteiger partial charge in [0.25, 0.3) is 0 Å². The van der Waals surface area contributed by atoms with Gasteiger partial charge in [-0.15, -0.1) is 0 Å². The number of hydrogen-bond donors (Lipinski definition) is 1. The standard InChI is InChI=1S/C18H22O4S/c1-18(2,3)23(21,22)12-14-9-8-13-6-4-5-7-15(13)16(14)10-11-17(19)20/h4-9H,10-12H2,1-3H3,(H,19,20). The van der Waals surface area contributed by atoms with Crippen LogP contribution in [0.4, 0.5) is 0 Å². The lowest BCUT2D eigenvalue weighted by Gasteiger charge is -2.21. The highest BCUT2D eigenvalue weighted by Crippen LogP contribution is 2.28. The van der Waals surface area contributed by atoms with E-state index < -0.39 is 20.6 Å². The molecule has 23 heavy (non-hydrogen) atoms. The second kappa shape index (κ2) is 6.32. The van der Waals surface area contributed by atoms with Gasteiger partial charge in [-0.1, -0.05) is 36.4 Å². The highest BCUT2D eigenvalue weighted by molar-refractivity contribution is 7.91. The molecule has 0 unspecified atom stereocenters. The molecule has 4 nitrogen and oxygen atoms in total. The number of benzene rings is 2. The third-order valence-corrected chi connectivity index (χ3v) is 6.56. The van der Waals surface area contributed by atoms with Crippen molar-refractivity contribution in [1.82, 2.24) is 0 Å². The van der Waals surface area contributed by atoms with Crippen molar-refractivity contribution in [2.75, 3.05) is 0 Å². The van der Waals surface area contributed by atoms with E-state index in [0.717, 1.165) is 16.3 Å². The molecule has 0 bridgehead atoms. The van der Waals surface area contributed by atoms with Crippen LogP contribution >= 0.6 is 0 Å². The number of sulfone groups is 1. The quantitative estimate of drug-likeness (QED) is 0.907. The van der Waals surface area contributed by atoms with Crippen molar-refractivity contribution in [3.63, 3.8) is 0 Å². The molecule has 0 heterocycles. The fourth-order valence-corrected chi connectivity index (χ4v) is 3.58. The molecule has 1 N–H and O–H groups in total. The first-order valence-corrected chi connectivity index (χ1v) is 9.20. The lowest BCUT2D eigenvalue weighted by molar-refractivity contribution is -0.136. The van der Waals surface area contributed by atoms with Crippen LogP contribution in [0.2, 0.25) is 0 Å². The summed E-state index contributed by atoms with van der Waals surface area (Å²) in [7, 11) is -3.33. The van der Waals surface area contributed by atoms with E-state index in [4.69, 9.17) is 5.11 Å². The molecule has 5 heteroatoms. The van der Waals surface area contributed by atoms with Crippen LogP contribution in [0, 0.1) is 0 Å². The summed E-state index contributed by atoms with van der Waals surface area (Å²) in [6.45, 7) is 5.04. The summed E-state index contributed by atoms with van der Waals surface area (Å²) in [6.07, 6.45) is 0.308. The number of carboxylic acids is 1. The van der Waals surface area contributed by atoms with Crippen molar-refractivity contribution >= 4 is 26.6 Å². The summed E-state index contributed by atoms with van der Waals surface area (Å²) >= 11 is 0. The molecule has 2 aromatic carbocycles. The van der Waals surface area contributed by atoms with Crippen LogP contribution in [-0.4, -0.2) is 24.2 Å². The Morgan fingerprint density at radius 2 is 1.74 bits per heavy atom. The number of aryl methyl sites for hydroxylation is 1. The Balaban J connectivity index is 2.54. The summed E-state index contributed by atoms with van der Waals surface area (Å²) in [4.78, 5) is 10.9. The molecular weight excluding hydrogens is 312 g/mol. The van der Waals surface area contributed by atoms with Crippen LogP contribution in [0.15, 0.2) is 36.4 Å². The molecule has 0 atom stereocenters. The normalized spacial score (nSPS) is 12.5. The van der Waals surface area contributed by atoms with Crippen LogP contribution in [0.25, 0.3) is 10.8 Å². The molecule has 0 spiro atoms. The topological polar surface area (TPSA) is 71.4 Å². The average molecular weight is 334 g/mol. The van der Waals surface area contributed by atoms with E-state index >= 15 is 0 Å². The van der Waals surface area contributed by atoms with Crippen LogP contribution < -0.4 is 0 Å². The fourth-order valence-electron chi connectivity index (χ4n) is 2.46. The van der Waals surface area contributed by atoms with Crippen molar-refractivity contribution < 1.29 is 18.3 Å². The van der Waals surface area contributed by atoms with Gasteiger partial charge in [0.05, 0.1) is 10.5 Å². The van der Waals surface area contributed by atoms with Crippen molar-refractivity contribution in [2.24, 2.45) is 0 Å². The highest BCUT2D eigenvalue weighted by atomic mass is 32.2. The third kappa shape index (κ3) is 3.91. The first kappa shape index (κ1) is 17.5. The largest absolute Gasteiger partial charge is 0.481 e. The molecule has 124 valence electrons. The van der Waals surface area contributed by atoms with Crippen molar-refractivity contribution in [1.29, 1.82) is 0 Å². The van der Waals surface area contributed by atoms with Gasteiger partial charge in [-0.25, -0.2) is 8.42 Å². The molecule has 0 saturated carbocycles. The van der Waals surface area contributed by atoms with Crippen molar-refractivity contribution in [2.45, 2.75) is 44.1 Å². The molecule has 0 saturated heterocycles. The van der Waals surface area contributed by atoms with Crippen LogP contribution in [0.1, 0.15) is 38.3 Å². The minimum absolute atomic E-state index is 0.0173. The summed E-state index contributed by atoms with van der Waals surface area (Å²) in [6, 6.07) is 11.4. The zero-order valence-electron chi connectivity index (χ0n) is 13.7. The number of fused-ring (bicyclic) bond motifs is 1. The fraction of sp³-hybridized carbons (Fsp3) is 0.389. The predicted molar refractivity (Wildman–Crippen MR) is 92.3 cm³/mol. The highest BCUT2D eigenvalue weighted by Gasteiger charge is 2.30. The van der Waals surface area contributed by atoms with Crippen LogP contribution in [0.5, 0.6) is 0 Å². The Labute approximate surface area is 137 Å². The predicted octanol–water partition coefficient (Wildman–Crippen LogP) is 3.57. The first-order chi connectivity index (χ1) is 10.6. The zero-order valence-corrected chi connectivity index (χ0v) is 14.5. The maximum Gasteiger partial charge on any atom is 0.303 e. The Hall–Kier alpha value is -1.88. The molecular formula is C18H22O4S. The summed E-state index contributed by atoms with van der Waals surface area (Å²) in [5.41, 5.74) is 1.51. The molecule has 2 aromatic rings. The summed E-state index contributed by atoms with van der Waals surface area (Å²) in [5.74, 6) is -0.960. The van der Waals surface area contributed by atoms with Gasteiger partial charge in [0, 0.05) is 6.42 Å². The van der Waals surface area contributed by atoms with Gasteiger partial charge in [0.2, 0.25) is 0 Å². The maximum atomic E-state index is 12.5. The number of carbonyl (C=O) groups is 1. The molecule has 0 amide bonds. The number of rotatable bonds is 5. The molecule has 0 aliphatic carbocycles. The van der Waals surface area contributed by atoms with Gasteiger partial charge in [0.1, 0.15) is 0 Å². The van der Waals surface area contributed by atoms with Crippen LogP contribution in [-0.2, 0) is 26.8 Å². The third-order valence-electron chi connectivity index (χ3n) is 4.01. The van der Waals surface area contributed by atoms with E-state index in [2.05, 4.69) is 0 Å². The average Bonchev–Trinajstić information content (AvgIpc) is 2.44. The number of hydrogen-bond acceptors (Lipinski definition) is 3. The zero-order chi connectivity index (χ0) is 17.3. The Morgan fingerprint density at radius 3 is 2.35 bits per heavy atom. The van der Waals surface area contributed by atoms with E-state index in [1.54, 1.807) is 20.8 Å². The van der Waals surface area contributed by atoms with Gasteiger partial charge >= 0.3 is 5.97 Å². The summed E-state index contributed by atoms with van der Waals surface area (Å²) < 4.78 is 24.2. The molecule has 0 aliphatic rings. The van der Waals surface area contributed by atoms with Gasteiger partial charge in [-0.2, -0.15) is 0 Å². The van der Waals surface area contributed by atoms with Crippen molar-refractivity contribution in [3.8, 4) is 0 Å². The van der Waals surface area contributed by atoms with E-state index in [0.29, 0.717) is 12.0 Å². The molecule has 0 radical (unpaired) electrons. The minimum Gasteiger partial charge on any atom is -0.481 e. The maximum absolute atomic E-state index is 12.5. The lowest BCUT2D eigenvalue weighted by atomic mass is 9.96. The van der Waals surface area contributed by atoms with Crippen LogP contribution in [0.3, 0.4) is 0 Å². The monoisotopic (exact) mass is 334 g/mol. The first-order valence-electron chi connectivity index (χ1n) is 7.55. The second-order valence-electron chi connectivity index (χ2n) is 6.69. The van der Waals surface area contributed by atoms with Gasteiger partial charge in [0.15, 0.2) is 9.84 Å². The minimum atomic E-state index is -3.33. The number of carboxylic acid groups (broad SMARTS) is 1. The second-order valence-corrected chi connectivity index (χ2v) is 9.43. The van der Waals surface area contributed by atoms with Gasteiger partial charge < -0.3 is 5.11 Å². The van der Waals surface area contributed by atoms with E-state index in [-0.39, 0.29) is 12.2 Å². The van der Waals surface area contributed by atoms with E-state index in [9.17, 15) is 13.2 Å². The smallest absolute Gasteiger partial charge is 0.303 e. The molecule has 0 aliphatic heterocycles. The van der Waals surface area contributed by atoms with Gasteiger partial charge in [-0.05, 0) is 49.1 Å². The Kier molecular flexibility index (Phi) is 4.80. The Morgan fingerprint density at radius 1 is 1.09 bits per heavy atom. The number of aliphatic carboxylic acids is 1. The molecule has 2 rings (SSSR count). The Bertz CT molecular complexity index is 830. The molecule has 0 fully saturated rings. The van der Waals surface area contributed by atoms with E-state index in [1.165, 1.54) is 0 Å². The van der Waals surface area contributed by atoms with E-state index in [1.807, 2.05) is 36.4 Å². The van der Waals surface area contributed by atoms with Crippen molar-refractivity contribution in [3.05, 3.63) is 47.5 Å². The SMILES string of the molecule is CC(C)(C)S(=O)(=O)Cc1ccc2ccccc2c1CCC(=O)O. The molecule has 0 aromatic heterocycles.